The summed E-state index contributed by atoms with van der Waals surface area (Å²) < 4.78 is 44.4. The smallest absolute Gasteiger partial charge is 0.134 e. The van der Waals surface area contributed by atoms with Crippen molar-refractivity contribution >= 4 is 0 Å². The van der Waals surface area contributed by atoms with Gasteiger partial charge in [0.2, 0.25) is 0 Å². The molecular formula is C30H33F3. The van der Waals surface area contributed by atoms with E-state index in [0.29, 0.717) is 23.8 Å². The summed E-state index contributed by atoms with van der Waals surface area (Å²) in [5, 5.41) is 0. The van der Waals surface area contributed by atoms with E-state index in [1.165, 1.54) is 23.8 Å². The third kappa shape index (κ3) is 5.51. The third-order valence-electron chi connectivity index (χ3n) is 7.30. The number of benzene rings is 3. The standard InChI is InChI=1S/C30H33F3/c1-3-7-24-14-15-25(17-27(24)31)30-28(32)18-26(19-29(30)33)23-12-10-21(11-13-23)16-20(2)22-8-5-4-6-9-22/h4-6,8-9,14-15,17-21,23H,3,7,10-13,16H2,1-2H3. The quantitative estimate of drug-likeness (QED) is 0.336. The molecule has 1 fully saturated rings. The SMILES string of the molecule is CCCc1ccc(-c2c(F)cc(C3CCC(CC(C)c4ccccc4)CC3)cc2F)cc1F. The summed E-state index contributed by atoms with van der Waals surface area (Å²) >= 11 is 0. The fourth-order valence-electron chi connectivity index (χ4n) is 5.43. The molecule has 33 heavy (non-hydrogen) atoms. The molecule has 0 saturated heterocycles. The Hall–Kier alpha value is -2.55. The van der Waals surface area contributed by atoms with E-state index in [-0.39, 0.29) is 17.0 Å². The number of hydrogen-bond acceptors (Lipinski definition) is 0. The lowest BCUT2D eigenvalue weighted by molar-refractivity contribution is 0.296. The van der Waals surface area contributed by atoms with Gasteiger partial charge in [0.25, 0.3) is 0 Å². The Morgan fingerprint density at radius 3 is 2.09 bits per heavy atom. The first-order chi connectivity index (χ1) is 16.0. The molecule has 1 saturated carbocycles. The molecule has 0 aliphatic heterocycles. The Morgan fingerprint density at radius 2 is 1.48 bits per heavy atom. The molecule has 1 aliphatic rings. The molecule has 0 nitrogen and oxygen atoms in total. The maximum atomic E-state index is 15.0. The van der Waals surface area contributed by atoms with E-state index in [0.717, 1.165) is 44.1 Å². The summed E-state index contributed by atoms with van der Waals surface area (Å²) in [4.78, 5) is 0. The second-order valence-electron chi connectivity index (χ2n) is 9.68. The van der Waals surface area contributed by atoms with Gasteiger partial charge in [0.05, 0.1) is 5.56 Å². The van der Waals surface area contributed by atoms with Crippen LogP contribution in [0.15, 0.2) is 60.7 Å². The molecular weight excluding hydrogens is 417 g/mol. The van der Waals surface area contributed by atoms with Crippen molar-refractivity contribution < 1.29 is 13.2 Å². The molecule has 1 atom stereocenters. The Bertz CT molecular complexity index is 1040. The van der Waals surface area contributed by atoms with Gasteiger partial charge in [-0.3, -0.25) is 0 Å². The van der Waals surface area contributed by atoms with Crippen LogP contribution in [-0.2, 0) is 6.42 Å². The Labute approximate surface area is 195 Å². The normalized spacial score (nSPS) is 19.4. The maximum absolute atomic E-state index is 15.0. The van der Waals surface area contributed by atoms with Crippen molar-refractivity contribution in [3.05, 3.63) is 94.8 Å². The van der Waals surface area contributed by atoms with Crippen molar-refractivity contribution in [1.29, 1.82) is 0 Å². The third-order valence-corrected chi connectivity index (χ3v) is 7.30. The molecule has 0 bridgehead atoms. The predicted octanol–water partition coefficient (Wildman–Crippen LogP) is 9.19. The van der Waals surface area contributed by atoms with Crippen LogP contribution in [0.25, 0.3) is 11.1 Å². The molecule has 0 spiro atoms. The van der Waals surface area contributed by atoms with Crippen molar-refractivity contribution in [3.8, 4) is 11.1 Å². The number of rotatable bonds is 7. The van der Waals surface area contributed by atoms with E-state index in [1.807, 2.05) is 13.0 Å². The van der Waals surface area contributed by atoms with Gasteiger partial charge in [0, 0.05) is 0 Å². The molecule has 0 heterocycles. The summed E-state index contributed by atoms with van der Waals surface area (Å²) in [5.74, 6) is -0.267. The zero-order valence-corrected chi connectivity index (χ0v) is 19.6. The van der Waals surface area contributed by atoms with Crippen LogP contribution < -0.4 is 0 Å². The first-order valence-electron chi connectivity index (χ1n) is 12.3. The molecule has 1 unspecified atom stereocenters. The van der Waals surface area contributed by atoms with Gasteiger partial charge < -0.3 is 0 Å². The van der Waals surface area contributed by atoms with E-state index in [4.69, 9.17) is 0 Å². The van der Waals surface area contributed by atoms with Crippen LogP contribution in [0.5, 0.6) is 0 Å². The summed E-state index contributed by atoms with van der Waals surface area (Å²) in [7, 11) is 0. The van der Waals surface area contributed by atoms with Crippen LogP contribution in [-0.4, -0.2) is 0 Å². The highest BCUT2D eigenvalue weighted by Crippen LogP contribution is 2.41. The highest BCUT2D eigenvalue weighted by Gasteiger charge is 2.26. The first-order valence-corrected chi connectivity index (χ1v) is 12.3. The van der Waals surface area contributed by atoms with E-state index >= 15 is 8.78 Å². The Balaban J connectivity index is 1.43. The van der Waals surface area contributed by atoms with Gasteiger partial charge >= 0.3 is 0 Å². The summed E-state index contributed by atoms with van der Waals surface area (Å²) in [6, 6.07) is 18.0. The van der Waals surface area contributed by atoms with Crippen LogP contribution in [0.1, 0.15) is 80.9 Å². The predicted molar refractivity (Wildman–Crippen MR) is 130 cm³/mol. The van der Waals surface area contributed by atoms with Gasteiger partial charge in [-0.05, 0) is 96.7 Å². The molecule has 174 valence electrons. The highest BCUT2D eigenvalue weighted by molar-refractivity contribution is 5.66. The van der Waals surface area contributed by atoms with Crippen LogP contribution in [0.3, 0.4) is 0 Å². The van der Waals surface area contributed by atoms with Crippen molar-refractivity contribution in [2.24, 2.45) is 5.92 Å². The molecule has 3 heteroatoms. The van der Waals surface area contributed by atoms with Crippen molar-refractivity contribution in [2.45, 2.75) is 70.6 Å². The highest BCUT2D eigenvalue weighted by atomic mass is 19.1. The van der Waals surface area contributed by atoms with Gasteiger partial charge in [-0.2, -0.15) is 0 Å². The molecule has 0 amide bonds. The Kier molecular flexibility index (Phi) is 7.57. The van der Waals surface area contributed by atoms with Gasteiger partial charge in [0.1, 0.15) is 17.5 Å². The second kappa shape index (κ2) is 10.6. The average Bonchev–Trinajstić information content (AvgIpc) is 2.81. The fourth-order valence-corrected chi connectivity index (χ4v) is 5.43. The van der Waals surface area contributed by atoms with Crippen molar-refractivity contribution in [3.63, 3.8) is 0 Å². The lowest BCUT2D eigenvalue weighted by Gasteiger charge is -2.30. The van der Waals surface area contributed by atoms with E-state index in [1.54, 1.807) is 12.1 Å². The van der Waals surface area contributed by atoms with Crippen LogP contribution >= 0.6 is 0 Å². The minimum absolute atomic E-state index is 0.133. The number of hydrogen-bond donors (Lipinski definition) is 0. The molecule has 1 aliphatic carbocycles. The maximum Gasteiger partial charge on any atom is 0.134 e. The average molecular weight is 451 g/mol. The minimum atomic E-state index is -0.604. The lowest BCUT2D eigenvalue weighted by Crippen LogP contribution is -2.15. The molecule has 0 aromatic heterocycles. The zero-order valence-electron chi connectivity index (χ0n) is 19.6. The molecule has 0 radical (unpaired) electrons. The van der Waals surface area contributed by atoms with Gasteiger partial charge in [-0.25, -0.2) is 13.2 Å². The lowest BCUT2D eigenvalue weighted by atomic mass is 9.75. The largest absolute Gasteiger partial charge is 0.207 e. The van der Waals surface area contributed by atoms with E-state index < -0.39 is 17.5 Å². The molecule has 3 aromatic carbocycles. The fraction of sp³-hybridized carbons (Fsp3) is 0.400. The summed E-state index contributed by atoms with van der Waals surface area (Å²) in [6.07, 6.45) is 6.64. The van der Waals surface area contributed by atoms with Crippen molar-refractivity contribution in [2.75, 3.05) is 0 Å². The second-order valence-corrected chi connectivity index (χ2v) is 9.68. The van der Waals surface area contributed by atoms with Gasteiger partial charge in [-0.1, -0.05) is 62.7 Å². The van der Waals surface area contributed by atoms with Crippen LogP contribution in [0.2, 0.25) is 0 Å². The zero-order chi connectivity index (χ0) is 23.4. The number of aryl methyl sites for hydroxylation is 1. The van der Waals surface area contributed by atoms with Gasteiger partial charge in [-0.15, -0.1) is 0 Å². The Morgan fingerprint density at radius 1 is 0.818 bits per heavy atom. The van der Waals surface area contributed by atoms with Gasteiger partial charge in [0.15, 0.2) is 0 Å². The number of halogens is 3. The monoisotopic (exact) mass is 450 g/mol. The van der Waals surface area contributed by atoms with Crippen LogP contribution in [0.4, 0.5) is 13.2 Å². The van der Waals surface area contributed by atoms with Crippen molar-refractivity contribution in [1.82, 2.24) is 0 Å². The first kappa shape index (κ1) is 23.6. The van der Waals surface area contributed by atoms with Crippen LogP contribution in [0, 0.1) is 23.4 Å². The summed E-state index contributed by atoms with van der Waals surface area (Å²) in [5.41, 5.74) is 2.81. The molecule has 3 aromatic rings. The topological polar surface area (TPSA) is 0 Å². The molecule has 4 rings (SSSR count). The van der Waals surface area contributed by atoms with E-state index in [2.05, 4.69) is 31.2 Å². The summed E-state index contributed by atoms with van der Waals surface area (Å²) in [6.45, 7) is 4.26. The van der Waals surface area contributed by atoms with E-state index in [9.17, 15) is 4.39 Å². The minimum Gasteiger partial charge on any atom is -0.207 e. The molecule has 0 N–H and O–H groups in total.